The molecule has 0 aromatic heterocycles. The SMILES string of the molecule is CC1(C)OB(c2cc3c4ccccc4ccc3c3ccccc23)OC1(C)C.COc1cccc(C)c1-c1ccccc1P(C1CCCCC1)C1CCCCC1.O=C1c2cc(-c3cc4c5ccccc5ccc4c4ccccc34)ccc2CCc2ccc(-c3cc4c5ccccc5ccc4c4ccccc34)cc21.O=C1c2cc(Br)ccc2CCc2ccc(Br)cc21. The first-order valence-corrected chi connectivity index (χ1v) is 47.9. The molecule has 1 aliphatic heterocycles. The van der Waals surface area contributed by atoms with Gasteiger partial charge in [-0.25, -0.2) is 0 Å². The van der Waals surface area contributed by atoms with Crippen LogP contribution in [0.2, 0.25) is 0 Å². The molecule has 18 aromatic rings. The highest BCUT2D eigenvalue weighted by Gasteiger charge is 2.52. The minimum Gasteiger partial charge on any atom is -0.496 e. The van der Waals surface area contributed by atoms with E-state index in [4.69, 9.17) is 14.0 Å². The first-order chi connectivity index (χ1) is 61.0. The number of fused-ring (bicyclic) bond motifs is 19. The molecule has 0 amide bonds. The topological polar surface area (TPSA) is 61.8 Å². The van der Waals surface area contributed by atoms with Crippen molar-refractivity contribution in [3.8, 4) is 39.1 Å². The fourth-order valence-corrected chi connectivity index (χ4v) is 25.5. The third-order valence-electron chi connectivity index (χ3n) is 28.0. The Morgan fingerprint density at radius 1 is 0.328 bits per heavy atom. The molecule has 5 nitrogen and oxygen atoms in total. The molecule has 18 aromatic carbocycles. The van der Waals surface area contributed by atoms with Gasteiger partial charge in [0.15, 0.2) is 11.6 Å². The highest BCUT2D eigenvalue weighted by molar-refractivity contribution is 9.10. The summed E-state index contributed by atoms with van der Waals surface area (Å²) in [6.07, 6.45) is 17.9. The summed E-state index contributed by atoms with van der Waals surface area (Å²) >= 11 is 6.87. The first-order valence-electron chi connectivity index (χ1n) is 44.8. The maximum Gasteiger partial charge on any atom is 0.495 e. The van der Waals surface area contributed by atoms with Gasteiger partial charge >= 0.3 is 7.12 Å². The lowest BCUT2D eigenvalue weighted by atomic mass is 9.74. The lowest BCUT2D eigenvalue weighted by Gasteiger charge is -2.39. The van der Waals surface area contributed by atoms with Crippen molar-refractivity contribution in [1.82, 2.24) is 0 Å². The molecule has 9 heteroatoms. The molecule has 4 aliphatic carbocycles. The second kappa shape index (κ2) is 34.6. The number of rotatable bonds is 8. The van der Waals surface area contributed by atoms with Crippen LogP contribution in [0.4, 0.5) is 0 Å². The minimum atomic E-state index is -0.372. The summed E-state index contributed by atoms with van der Waals surface area (Å²) in [6, 6.07) is 113. The molecule has 0 atom stereocenters. The molecule has 0 spiro atoms. The lowest BCUT2D eigenvalue weighted by molar-refractivity contribution is 0.00578. The molecule has 616 valence electrons. The maximum absolute atomic E-state index is 14.8. The molecule has 1 saturated heterocycles. The third kappa shape index (κ3) is 15.6. The van der Waals surface area contributed by atoms with Crippen LogP contribution < -0.4 is 15.5 Å². The summed E-state index contributed by atoms with van der Waals surface area (Å²) in [4.78, 5) is 27.4. The number of carbonyl (C=O) groups excluding carboxylic acids is 2. The van der Waals surface area contributed by atoms with Gasteiger partial charge in [0.25, 0.3) is 0 Å². The first kappa shape index (κ1) is 82.1. The van der Waals surface area contributed by atoms with Crippen LogP contribution in [0.25, 0.3) is 130 Å². The smallest absolute Gasteiger partial charge is 0.495 e. The zero-order chi connectivity index (χ0) is 85.2. The zero-order valence-electron chi connectivity index (χ0n) is 71.9. The zero-order valence-corrected chi connectivity index (χ0v) is 76.0. The summed E-state index contributed by atoms with van der Waals surface area (Å²) < 4.78 is 20.5. The molecule has 3 fully saturated rings. The molecular weight excluding hydrogens is 1670 g/mol. The van der Waals surface area contributed by atoms with E-state index in [1.54, 1.807) is 5.30 Å². The quantitative estimate of drug-likeness (QED) is 0.0862. The van der Waals surface area contributed by atoms with Gasteiger partial charge in [-0.3, -0.25) is 9.59 Å². The summed E-state index contributed by atoms with van der Waals surface area (Å²) in [5.74, 6) is 1.26. The summed E-state index contributed by atoms with van der Waals surface area (Å²) in [5, 5.41) is 23.9. The van der Waals surface area contributed by atoms with Gasteiger partial charge in [-0.05, 0) is 315 Å². The van der Waals surface area contributed by atoms with Crippen molar-refractivity contribution < 1.29 is 23.6 Å². The fraction of sp³-hybridized carbons (Fsp3) is 0.207. The van der Waals surface area contributed by atoms with E-state index in [1.807, 2.05) is 43.5 Å². The van der Waals surface area contributed by atoms with Gasteiger partial charge in [0.05, 0.1) is 18.3 Å². The summed E-state index contributed by atoms with van der Waals surface area (Å²) in [6.45, 7) is 10.6. The number of benzene rings is 18. The van der Waals surface area contributed by atoms with Gasteiger partial charge in [0.2, 0.25) is 0 Å². The molecule has 0 N–H and O–H groups in total. The number of ketones is 2. The Morgan fingerprint density at radius 2 is 0.688 bits per heavy atom. The predicted molar refractivity (Wildman–Crippen MR) is 537 cm³/mol. The number of hydrogen-bond acceptors (Lipinski definition) is 5. The van der Waals surface area contributed by atoms with Crippen LogP contribution in [0.15, 0.2) is 324 Å². The molecule has 23 rings (SSSR count). The third-order valence-corrected chi connectivity index (χ3v) is 32.5. The molecule has 1 heterocycles. The van der Waals surface area contributed by atoms with Gasteiger partial charge in [-0.15, -0.1) is 0 Å². The van der Waals surface area contributed by atoms with Crippen LogP contribution in [0, 0.1) is 6.92 Å². The van der Waals surface area contributed by atoms with Gasteiger partial charge < -0.3 is 14.0 Å². The average Bonchev–Trinajstić information content (AvgIpc) is 1.62. The molecule has 2 saturated carbocycles. The van der Waals surface area contributed by atoms with Gasteiger partial charge in [-0.2, -0.15) is 0 Å². The van der Waals surface area contributed by atoms with E-state index in [0.29, 0.717) is 0 Å². The minimum absolute atomic E-state index is 0.109. The molecule has 0 bridgehead atoms. The van der Waals surface area contributed by atoms with Crippen molar-refractivity contribution in [3.05, 3.63) is 374 Å². The second-order valence-electron chi connectivity index (χ2n) is 35.8. The lowest BCUT2D eigenvalue weighted by Crippen LogP contribution is -2.41. The Balaban J connectivity index is 0.000000115. The van der Waals surface area contributed by atoms with Gasteiger partial charge in [0, 0.05) is 36.8 Å². The van der Waals surface area contributed by atoms with Crippen molar-refractivity contribution in [2.45, 2.75) is 147 Å². The van der Waals surface area contributed by atoms with Crippen molar-refractivity contribution in [1.29, 1.82) is 0 Å². The van der Waals surface area contributed by atoms with E-state index in [1.165, 1.54) is 178 Å². The van der Waals surface area contributed by atoms with E-state index in [-0.39, 0.29) is 37.8 Å². The molecule has 125 heavy (non-hydrogen) atoms. The Hall–Kier alpha value is -11.2. The van der Waals surface area contributed by atoms with Crippen LogP contribution in [0.1, 0.15) is 152 Å². The van der Waals surface area contributed by atoms with E-state index in [2.05, 4.69) is 346 Å². The maximum atomic E-state index is 14.8. The molecule has 0 unspecified atom stereocenters. The highest BCUT2D eigenvalue weighted by Crippen LogP contribution is 2.57. The van der Waals surface area contributed by atoms with E-state index in [9.17, 15) is 9.59 Å². The van der Waals surface area contributed by atoms with Crippen LogP contribution in [0.3, 0.4) is 0 Å². The predicted octanol–water partition coefficient (Wildman–Crippen LogP) is 30.7. The Kier molecular flexibility index (Phi) is 22.8. The second-order valence-corrected chi connectivity index (χ2v) is 40.4. The number of aryl methyl sites for hydroxylation is 5. The van der Waals surface area contributed by atoms with E-state index < -0.39 is 0 Å². The average molecular weight is 1780 g/mol. The number of halogens is 2. The number of carbonyl (C=O) groups is 2. The van der Waals surface area contributed by atoms with Gasteiger partial charge in [0.1, 0.15) is 5.75 Å². The summed E-state index contributed by atoms with van der Waals surface area (Å²) in [7, 11) is 1.32. The Bertz CT molecular complexity index is 7010. The molecule has 5 aliphatic rings. The van der Waals surface area contributed by atoms with Crippen LogP contribution in [-0.2, 0) is 35.0 Å². The van der Waals surface area contributed by atoms with Crippen molar-refractivity contribution in [2.24, 2.45) is 0 Å². The molecule has 0 radical (unpaired) electrons. The molecular formula is C116H100BBr2O5P. The number of ether oxygens (including phenoxy) is 1. The standard InChI is InChI=1S/C51H32O.C26H35OP.C24H23BO2.C15H10Br2O/c52-51-47-27-35(45-29-49-37-11-3-1-9-31(37)23-25-43(49)39-13-5-7-15-41(39)45)21-19-33(47)17-18-34-20-22-36(28-48(34)51)46-30-50-38-12-4-2-10-32(38)24-26-44(50)40-14-6-8-16-42(40)46;1-20-12-11-18-24(27-2)26(20)23-17-9-10-19-25(23)28(21-13-5-3-6-14-21)22-15-7-4-8-16-22;1-23(2)24(3,4)27-25(26-23)22-15-21-17-10-6-5-9-16(17)13-14-19(21)18-11-7-8-12-20(18)22;16-11-5-3-9-1-2-10-4-6-12(17)8-14(10)15(18)13(9)7-11/h1-16,19-30H,17-18H2;9-12,17-19,21-22H,3-8,13-16H2,1-2H3;5-15H,1-4H3;3-8H,1-2H2. The Labute approximate surface area is 751 Å². The van der Waals surface area contributed by atoms with Crippen molar-refractivity contribution >= 4 is 166 Å². The van der Waals surface area contributed by atoms with Crippen LogP contribution in [-0.4, -0.2) is 48.3 Å². The van der Waals surface area contributed by atoms with Crippen LogP contribution in [0.5, 0.6) is 5.75 Å². The van der Waals surface area contributed by atoms with Crippen LogP contribution >= 0.6 is 39.8 Å². The van der Waals surface area contributed by atoms with E-state index >= 15 is 0 Å². The highest BCUT2D eigenvalue weighted by atomic mass is 79.9. The van der Waals surface area contributed by atoms with Crippen molar-refractivity contribution in [2.75, 3.05) is 7.11 Å². The van der Waals surface area contributed by atoms with Gasteiger partial charge in [-0.1, -0.05) is 339 Å². The van der Waals surface area contributed by atoms with Crippen molar-refractivity contribution in [3.63, 3.8) is 0 Å². The van der Waals surface area contributed by atoms with E-state index in [0.717, 1.165) is 124 Å². The Morgan fingerprint density at radius 3 is 1.13 bits per heavy atom. The number of hydrogen-bond donors (Lipinski definition) is 0. The summed E-state index contributed by atoms with van der Waals surface area (Å²) in [5.41, 5.74) is 18.5. The fourth-order valence-electron chi connectivity index (χ4n) is 20.9. The normalized spacial score (nSPS) is 15.6. The number of methoxy groups -OCH3 is 1. The largest absolute Gasteiger partial charge is 0.496 e. The monoisotopic (exact) mass is 1770 g/mol.